The van der Waals surface area contributed by atoms with E-state index >= 15 is 0 Å². The number of halogens is 6. The third kappa shape index (κ3) is 7.10. The maximum Gasteiger partial charge on any atom is 0.422 e. The molecule has 224 valence electrons. The van der Waals surface area contributed by atoms with Gasteiger partial charge in [-0.1, -0.05) is 17.3 Å². The number of carbonyl (C=O) groups excluding carboxylic acids is 2. The van der Waals surface area contributed by atoms with Crippen molar-refractivity contribution in [1.29, 1.82) is 0 Å². The van der Waals surface area contributed by atoms with Crippen LogP contribution in [0.5, 0.6) is 5.75 Å². The van der Waals surface area contributed by atoms with Crippen molar-refractivity contribution in [3.63, 3.8) is 0 Å². The van der Waals surface area contributed by atoms with E-state index in [1.807, 2.05) is 0 Å². The molecule has 0 radical (unpaired) electrons. The number of hydrogen-bond donors (Lipinski definition) is 0. The Bertz CT molecular complexity index is 1580. The summed E-state index contributed by atoms with van der Waals surface area (Å²) in [4.78, 5) is 37.3. The van der Waals surface area contributed by atoms with E-state index in [2.05, 4.69) is 19.9 Å². The molecule has 4 aromatic rings. The van der Waals surface area contributed by atoms with Gasteiger partial charge in [-0.15, -0.1) is 0 Å². The maximum atomic E-state index is 13.0. The zero-order valence-electron chi connectivity index (χ0n) is 22.0. The van der Waals surface area contributed by atoms with Crippen LogP contribution in [0, 0.1) is 0 Å². The summed E-state index contributed by atoms with van der Waals surface area (Å²) < 4.78 is 85.2. The zero-order chi connectivity index (χ0) is 30.8. The molecule has 0 aliphatic carbocycles. The van der Waals surface area contributed by atoms with Gasteiger partial charge < -0.3 is 19.1 Å². The minimum atomic E-state index is -4.47. The highest BCUT2D eigenvalue weighted by Crippen LogP contribution is 2.31. The Balaban J connectivity index is 1.15. The third-order valence-corrected chi connectivity index (χ3v) is 6.48. The summed E-state index contributed by atoms with van der Waals surface area (Å²) in [5.74, 6) is -0.559. The van der Waals surface area contributed by atoms with Crippen molar-refractivity contribution in [1.82, 2.24) is 24.9 Å². The second kappa shape index (κ2) is 11.7. The first-order valence-corrected chi connectivity index (χ1v) is 12.7. The van der Waals surface area contributed by atoms with Gasteiger partial charge in [-0.3, -0.25) is 14.6 Å². The molecule has 2 aromatic carbocycles. The molecule has 1 aliphatic heterocycles. The number of carbonyl (C=O) groups is 2. The van der Waals surface area contributed by atoms with Crippen LogP contribution in [0.25, 0.3) is 23.0 Å². The Labute approximate surface area is 239 Å². The molecule has 9 nitrogen and oxygen atoms in total. The molecule has 0 atom stereocenters. The van der Waals surface area contributed by atoms with Crippen LogP contribution in [0.2, 0.25) is 0 Å². The van der Waals surface area contributed by atoms with Crippen LogP contribution in [0.3, 0.4) is 0 Å². The lowest BCUT2D eigenvalue weighted by Gasteiger charge is -2.34. The number of amides is 2. The Kier molecular flexibility index (Phi) is 8.06. The normalized spacial score (nSPS) is 14.1. The minimum absolute atomic E-state index is 0.0115. The Morgan fingerprint density at radius 1 is 0.791 bits per heavy atom. The SMILES string of the molecule is O=C(c1ccc(OCC(F)(F)F)cc1)N1CCN(C(=O)c2ccc(-c3nc(-c4ccc(C(F)(F)F)cc4)no3)nc2)CC1. The fraction of sp³-hybridized carbons (Fsp3) is 0.250. The first-order valence-electron chi connectivity index (χ1n) is 12.7. The molecule has 15 heteroatoms. The van der Waals surface area contributed by atoms with Gasteiger partial charge in [-0.2, -0.15) is 31.3 Å². The zero-order valence-corrected chi connectivity index (χ0v) is 22.0. The monoisotopic (exact) mass is 605 g/mol. The summed E-state index contributed by atoms with van der Waals surface area (Å²) in [6.45, 7) is -0.439. The Morgan fingerprint density at radius 2 is 1.37 bits per heavy atom. The number of nitrogens with zero attached hydrogens (tertiary/aromatic N) is 5. The lowest BCUT2D eigenvalue weighted by molar-refractivity contribution is -0.153. The van der Waals surface area contributed by atoms with E-state index in [0.717, 1.165) is 12.1 Å². The molecule has 0 N–H and O–H groups in total. The molecule has 43 heavy (non-hydrogen) atoms. The molecule has 5 rings (SSSR count). The van der Waals surface area contributed by atoms with Crippen molar-refractivity contribution in [2.24, 2.45) is 0 Å². The number of alkyl halides is 6. The number of rotatable bonds is 6. The summed E-state index contributed by atoms with van der Waals surface area (Å²) in [5, 5.41) is 3.79. The quantitative estimate of drug-likeness (QED) is 0.273. The molecule has 0 spiro atoms. The van der Waals surface area contributed by atoms with Crippen molar-refractivity contribution in [3.8, 4) is 28.7 Å². The Morgan fingerprint density at radius 3 is 1.91 bits per heavy atom. The molecule has 0 unspecified atom stereocenters. The Hall–Kier alpha value is -4.95. The average Bonchev–Trinajstić information content (AvgIpc) is 3.50. The molecule has 0 saturated carbocycles. The second-order valence-electron chi connectivity index (χ2n) is 9.44. The van der Waals surface area contributed by atoms with Crippen molar-refractivity contribution in [2.45, 2.75) is 12.4 Å². The van der Waals surface area contributed by atoms with Crippen molar-refractivity contribution in [3.05, 3.63) is 83.6 Å². The van der Waals surface area contributed by atoms with Crippen LogP contribution in [-0.2, 0) is 6.18 Å². The summed E-state index contributed by atoms with van der Waals surface area (Å²) in [6, 6.07) is 12.7. The average molecular weight is 605 g/mol. The van der Waals surface area contributed by atoms with E-state index in [-0.39, 0.29) is 72.3 Å². The summed E-state index contributed by atoms with van der Waals surface area (Å²) in [6.07, 6.45) is -7.60. The van der Waals surface area contributed by atoms with E-state index in [9.17, 15) is 35.9 Å². The molecule has 2 amide bonds. The third-order valence-electron chi connectivity index (χ3n) is 6.48. The lowest BCUT2D eigenvalue weighted by atomic mass is 10.1. The first kappa shape index (κ1) is 29.5. The van der Waals surface area contributed by atoms with E-state index < -0.39 is 24.5 Å². The van der Waals surface area contributed by atoms with Crippen LogP contribution in [-0.4, -0.2) is 75.7 Å². The molecular weight excluding hydrogens is 584 g/mol. The highest BCUT2D eigenvalue weighted by molar-refractivity contribution is 5.96. The van der Waals surface area contributed by atoms with Crippen LogP contribution < -0.4 is 4.74 Å². The standard InChI is InChI=1S/C28H21F6N5O4/c29-27(30,31)16-42-21-8-3-18(4-9-21)25(40)38-11-13-39(14-12-38)26(41)19-5-10-22(35-15-19)24-36-23(37-43-24)17-1-6-20(7-2-17)28(32,33)34/h1-10,15H,11-14,16H2. The molecule has 1 aliphatic rings. The van der Waals surface area contributed by atoms with Crippen LogP contribution in [0.1, 0.15) is 26.3 Å². The van der Waals surface area contributed by atoms with Gasteiger partial charge >= 0.3 is 12.4 Å². The number of aromatic nitrogens is 3. The van der Waals surface area contributed by atoms with Crippen LogP contribution >= 0.6 is 0 Å². The summed E-state index contributed by atoms with van der Waals surface area (Å²) >= 11 is 0. The van der Waals surface area contributed by atoms with Gasteiger partial charge in [-0.25, -0.2) is 0 Å². The fourth-order valence-corrected chi connectivity index (χ4v) is 4.24. The molecule has 1 saturated heterocycles. The van der Waals surface area contributed by atoms with Gasteiger partial charge in [0, 0.05) is 43.5 Å². The molecule has 1 fully saturated rings. The van der Waals surface area contributed by atoms with Crippen LogP contribution in [0.4, 0.5) is 26.3 Å². The van der Waals surface area contributed by atoms with Gasteiger partial charge in [0.2, 0.25) is 5.82 Å². The predicted octanol–water partition coefficient (Wildman–Crippen LogP) is 5.36. The smallest absolute Gasteiger partial charge is 0.422 e. The van der Waals surface area contributed by atoms with Gasteiger partial charge in [0.25, 0.3) is 17.7 Å². The first-order chi connectivity index (χ1) is 20.4. The molecule has 2 aromatic heterocycles. The van der Waals surface area contributed by atoms with Gasteiger partial charge in [-0.05, 0) is 48.5 Å². The summed E-state index contributed by atoms with van der Waals surface area (Å²) in [7, 11) is 0. The predicted molar refractivity (Wildman–Crippen MR) is 138 cm³/mol. The van der Waals surface area contributed by atoms with E-state index in [0.29, 0.717) is 5.56 Å². The van der Waals surface area contributed by atoms with E-state index in [4.69, 9.17) is 4.52 Å². The van der Waals surface area contributed by atoms with E-state index in [1.165, 1.54) is 54.7 Å². The number of benzene rings is 2. The number of ether oxygens (including phenoxy) is 1. The number of piperazine rings is 1. The minimum Gasteiger partial charge on any atom is -0.484 e. The topological polar surface area (TPSA) is 102 Å². The highest BCUT2D eigenvalue weighted by atomic mass is 19.4. The molecule has 3 heterocycles. The van der Waals surface area contributed by atoms with Crippen molar-refractivity contribution in [2.75, 3.05) is 32.8 Å². The van der Waals surface area contributed by atoms with Crippen molar-refractivity contribution >= 4 is 11.8 Å². The van der Waals surface area contributed by atoms with Crippen LogP contribution in [0.15, 0.2) is 71.4 Å². The van der Waals surface area contributed by atoms with E-state index in [1.54, 1.807) is 9.80 Å². The molecule has 0 bridgehead atoms. The second-order valence-corrected chi connectivity index (χ2v) is 9.44. The number of hydrogen-bond acceptors (Lipinski definition) is 7. The number of pyridine rings is 1. The molecular formula is C28H21F6N5O4. The van der Waals surface area contributed by atoms with Crippen molar-refractivity contribution < 1.29 is 45.2 Å². The largest absolute Gasteiger partial charge is 0.484 e. The fourth-order valence-electron chi connectivity index (χ4n) is 4.24. The highest BCUT2D eigenvalue weighted by Gasteiger charge is 2.31. The van der Waals surface area contributed by atoms with Gasteiger partial charge in [0.05, 0.1) is 11.1 Å². The van der Waals surface area contributed by atoms with Gasteiger partial charge in [0.1, 0.15) is 11.4 Å². The summed E-state index contributed by atoms with van der Waals surface area (Å²) in [5.41, 5.74) is 0.329. The lowest BCUT2D eigenvalue weighted by Crippen LogP contribution is -2.50. The van der Waals surface area contributed by atoms with Gasteiger partial charge in [0.15, 0.2) is 6.61 Å². The maximum absolute atomic E-state index is 13.0.